The molecule has 0 aromatic heterocycles. The first-order valence-electron chi connectivity index (χ1n) is 22.2. The molecule has 1 fully saturated rings. The van der Waals surface area contributed by atoms with Crippen LogP contribution in [-0.4, -0.2) is 82.9 Å². The maximum Gasteiger partial charge on any atom is 0.306 e. The van der Waals surface area contributed by atoms with E-state index in [1.807, 2.05) is 45.4 Å². The Morgan fingerprint density at radius 1 is 0.696 bits per heavy atom. The van der Waals surface area contributed by atoms with Gasteiger partial charge >= 0.3 is 5.97 Å². The largest absolute Gasteiger partial charge is 0.756 e. The van der Waals surface area contributed by atoms with Crippen molar-refractivity contribution in [2.75, 3.05) is 54.1 Å². The Balaban J connectivity index is 2.31. The van der Waals surface area contributed by atoms with E-state index in [1.165, 1.54) is 89.9 Å². The van der Waals surface area contributed by atoms with Crippen LogP contribution in [0.25, 0.3) is 0 Å². The third-order valence-electron chi connectivity index (χ3n) is 9.51. The van der Waals surface area contributed by atoms with Gasteiger partial charge in [-0.25, -0.2) is 0 Å². The monoisotopic (exact) mass is 808 g/mol. The molecule has 1 saturated heterocycles. The minimum absolute atomic E-state index is 0.00503. The molecule has 4 unspecified atom stereocenters. The SMILES string of the molecule is CCCCC/C=C/C/C=C/C=C\C=C/C1OC1CCCC(=O)OC(COCCCCCCCC/C=C\CCCCCCCC)COP(=O)([O-])OCC[N+](C)(C)C. The highest BCUT2D eigenvalue weighted by Crippen LogP contribution is 2.38. The molecule has 10 heteroatoms. The minimum atomic E-state index is -4.56. The fourth-order valence-electron chi connectivity index (χ4n) is 5.94. The second kappa shape index (κ2) is 35.1. The van der Waals surface area contributed by atoms with Gasteiger partial charge < -0.3 is 32.6 Å². The fourth-order valence-corrected chi connectivity index (χ4v) is 6.66. The number of hydrogen-bond donors (Lipinski definition) is 0. The Morgan fingerprint density at radius 2 is 1.29 bits per heavy atom. The smallest absolute Gasteiger partial charge is 0.306 e. The summed E-state index contributed by atoms with van der Waals surface area (Å²) in [5.74, 6) is -0.413. The number of unbranched alkanes of at least 4 members (excludes halogenated alkanes) is 15. The summed E-state index contributed by atoms with van der Waals surface area (Å²) in [5.41, 5.74) is 0. The second-order valence-electron chi connectivity index (χ2n) is 16.1. The van der Waals surface area contributed by atoms with Gasteiger partial charge in [0.25, 0.3) is 7.82 Å². The molecule has 0 aliphatic carbocycles. The average Bonchev–Trinajstić information content (AvgIpc) is 3.90. The number of nitrogens with zero attached hydrogens (tertiary/aromatic N) is 1. The summed E-state index contributed by atoms with van der Waals surface area (Å²) in [6, 6.07) is 0. The van der Waals surface area contributed by atoms with Gasteiger partial charge in [-0.05, 0) is 64.2 Å². The quantitative estimate of drug-likeness (QED) is 0.0115. The molecule has 1 aliphatic rings. The number of phosphoric ester groups is 1. The van der Waals surface area contributed by atoms with Crippen molar-refractivity contribution < 1.29 is 42.0 Å². The van der Waals surface area contributed by atoms with Gasteiger partial charge in [-0.15, -0.1) is 0 Å². The predicted octanol–water partition coefficient (Wildman–Crippen LogP) is 11.3. The summed E-state index contributed by atoms with van der Waals surface area (Å²) in [7, 11) is 1.29. The Kier molecular flexibility index (Phi) is 32.7. The van der Waals surface area contributed by atoms with Crippen LogP contribution in [0, 0.1) is 0 Å². The normalized spacial score (nSPS) is 18.0. The predicted molar refractivity (Wildman–Crippen MR) is 230 cm³/mol. The molecule has 0 radical (unpaired) electrons. The van der Waals surface area contributed by atoms with Crippen LogP contribution in [0.5, 0.6) is 0 Å². The van der Waals surface area contributed by atoms with E-state index in [-0.39, 0.29) is 38.4 Å². The third-order valence-corrected chi connectivity index (χ3v) is 10.5. The zero-order chi connectivity index (χ0) is 41.0. The molecule has 1 aliphatic heterocycles. The summed E-state index contributed by atoms with van der Waals surface area (Å²) in [6.45, 7) is 5.22. The van der Waals surface area contributed by atoms with Crippen LogP contribution in [0.1, 0.15) is 155 Å². The molecule has 1 heterocycles. The van der Waals surface area contributed by atoms with Crippen molar-refractivity contribution in [2.24, 2.45) is 0 Å². The first-order chi connectivity index (χ1) is 27.1. The molecule has 0 aromatic carbocycles. The number of epoxide rings is 1. The maximum absolute atomic E-state index is 12.7. The molecular weight excluding hydrogens is 725 g/mol. The molecule has 0 amide bonds. The van der Waals surface area contributed by atoms with Crippen LogP contribution >= 0.6 is 7.82 Å². The van der Waals surface area contributed by atoms with Crippen LogP contribution in [0.15, 0.2) is 60.8 Å². The van der Waals surface area contributed by atoms with E-state index in [0.717, 1.165) is 38.5 Å². The lowest BCUT2D eigenvalue weighted by Crippen LogP contribution is -2.37. The Morgan fingerprint density at radius 3 is 1.96 bits per heavy atom. The van der Waals surface area contributed by atoms with Crippen molar-refractivity contribution in [3.63, 3.8) is 0 Å². The van der Waals surface area contributed by atoms with Crippen molar-refractivity contribution in [3.8, 4) is 0 Å². The third kappa shape index (κ3) is 35.3. The van der Waals surface area contributed by atoms with Gasteiger partial charge in [-0.3, -0.25) is 9.36 Å². The van der Waals surface area contributed by atoms with Gasteiger partial charge in [0.05, 0.1) is 40.5 Å². The van der Waals surface area contributed by atoms with E-state index in [1.54, 1.807) is 0 Å². The number of hydrogen-bond acceptors (Lipinski definition) is 8. The van der Waals surface area contributed by atoms with E-state index in [4.69, 9.17) is 23.3 Å². The lowest BCUT2D eigenvalue weighted by Gasteiger charge is -2.28. The lowest BCUT2D eigenvalue weighted by atomic mass is 10.1. The van der Waals surface area contributed by atoms with Crippen LogP contribution in [-0.2, 0) is 32.6 Å². The van der Waals surface area contributed by atoms with Crippen LogP contribution in [0.4, 0.5) is 0 Å². The highest BCUT2D eigenvalue weighted by atomic mass is 31.2. The number of esters is 1. The minimum Gasteiger partial charge on any atom is -0.756 e. The van der Waals surface area contributed by atoms with Crippen LogP contribution in [0.3, 0.4) is 0 Å². The number of carbonyl (C=O) groups is 1. The van der Waals surface area contributed by atoms with Gasteiger partial charge in [0.1, 0.15) is 25.4 Å². The van der Waals surface area contributed by atoms with Gasteiger partial charge in [0.15, 0.2) is 0 Å². The zero-order valence-electron chi connectivity index (χ0n) is 36.3. The Labute approximate surface area is 343 Å². The first kappa shape index (κ1) is 52.2. The number of phosphoric acid groups is 1. The zero-order valence-corrected chi connectivity index (χ0v) is 37.2. The molecule has 324 valence electrons. The molecule has 0 N–H and O–H groups in total. The molecular formula is C46H82NO8P. The number of carbonyl (C=O) groups excluding carboxylic acids is 1. The summed E-state index contributed by atoms with van der Waals surface area (Å²) in [5, 5.41) is 0. The summed E-state index contributed by atoms with van der Waals surface area (Å²) >= 11 is 0. The van der Waals surface area contributed by atoms with E-state index in [0.29, 0.717) is 24.1 Å². The van der Waals surface area contributed by atoms with E-state index in [2.05, 4.69) is 50.3 Å². The molecule has 0 saturated carbocycles. The van der Waals surface area contributed by atoms with E-state index >= 15 is 0 Å². The molecule has 0 spiro atoms. The summed E-state index contributed by atoms with van der Waals surface area (Å²) in [4.78, 5) is 25.1. The number of allylic oxidation sites excluding steroid dienone is 9. The maximum atomic E-state index is 12.7. The molecule has 9 nitrogen and oxygen atoms in total. The molecule has 0 aromatic rings. The molecule has 1 rings (SSSR count). The Hall–Kier alpha value is -1.84. The highest BCUT2D eigenvalue weighted by molar-refractivity contribution is 7.45. The van der Waals surface area contributed by atoms with Gasteiger partial charge in [0.2, 0.25) is 0 Å². The van der Waals surface area contributed by atoms with Crippen molar-refractivity contribution in [1.29, 1.82) is 0 Å². The molecule has 56 heavy (non-hydrogen) atoms. The van der Waals surface area contributed by atoms with Gasteiger partial charge in [0, 0.05) is 13.0 Å². The summed E-state index contributed by atoms with van der Waals surface area (Å²) in [6.07, 6.45) is 45.4. The standard InChI is InChI=1S/C46H82NO8P/c1-6-8-10-12-14-16-18-20-21-22-23-25-27-29-31-33-39-51-41-43(42-53-56(49,50)52-40-38-47(3,4)5)54-46(48)37-34-36-45-44(55-45)35-32-30-28-26-24-19-17-15-13-11-9-7-2/h15,17,20-21,24,26,28,30,32,35,43-45H,6-14,16,18-19,22-23,25,27,29,31,33-34,36-42H2,1-5H3/b17-15+,21-20-,26-24+,30-28-,35-32-. The first-order valence-corrected chi connectivity index (χ1v) is 23.7. The number of likely N-dealkylation sites (N-methyl/N-ethyl adjacent to an activating group) is 1. The fraction of sp³-hybridized carbons (Fsp3) is 0.761. The number of quaternary nitrogens is 1. The van der Waals surface area contributed by atoms with Crippen LogP contribution in [0.2, 0.25) is 0 Å². The number of rotatable bonds is 39. The van der Waals surface area contributed by atoms with Gasteiger partial charge in [-0.2, -0.15) is 0 Å². The van der Waals surface area contributed by atoms with E-state index in [9.17, 15) is 14.3 Å². The van der Waals surface area contributed by atoms with Crippen molar-refractivity contribution in [1.82, 2.24) is 0 Å². The van der Waals surface area contributed by atoms with Gasteiger partial charge in [-0.1, -0.05) is 145 Å². The second-order valence-corrected chi connectivity index (χ2v) is 17.6. The van der Waals surface area contributed by atoms with Crippen molar-refractivity contribution in [3.05, 3.63) is 60.8 Å². The van der Waals surface area contributed by atoms with E-state index < -0.39 is 19.9 Å². The topological polar surface area (TPSA) is 107 Å². The van der Waals surface area contributed by atoms with Crippen molar-refractivity contribution in [2.45, 2.75) is 173 Å². The molecule has 0 bridgehead atoms. The number of ether oxygens (including phenoxy) is 3. The van der Waals surface area contributed by atoms with Crippen LogP contribution < -0.4 is 4.89 Å². The lowest BCUT2D eigenvalue weighted by molar-refractivity contribution is -0.870. The summed E-state index contributed by atoms with van der Waals surface area (Å²) < 4.78 is 40.3. The van der Waals surface area contributed by atoms with Crippen molar-refractivity contribution >= 4 is 13.8 Å². The highest BCUT2D eigenvalue weighted by Gasteiger charge is 2.35. The molecule has 4 atom stereocenters. The average molecular weight is 808 g/mol. The Bertz CT molecular complexity index is 1140.